The summed E-state index contributed by atoms with van der Waals surface area (Å²) in [5.74, 6) is -1.09. The first-order valence-electron chi connectivity index (χ1n) is 31.2. The summed E-state index contributed by atoms with van der Waals surface area (Å²) in [5, 5.41) is 0. The second kappa shape index (κ2) is 66.2. The zero-order chi connectivity index (χ0) is 58.5. The largest absolute Gasteiger partial charge is 0.462 e. The summed E-state index contributed by atoms with van der Waals surface area (Å²) in [6.07, 6.45) is 104. The van der Waals surface area contributed by atoms with Gasteiger partial charge in [0.1, 0.15) is 13.2 Å². The molecular formula is C75H110O6. The van der Waals surface area contributed by atoms with Gasteiger partial charge in [0, 0.05) is 19.3 Å². The lowest BCUT2D eigenvalue weighted by Crippen LogP contribution is -2.30. The smallest absolute Gasteiger partial charge is 0.306 e. The third-order valence-electron chi connectivity index (χ3n) is 12.0. The summed E-state index contributed by atoms with van der Waals surface area (Å²) in [5.41, 5.74) is 0. The van der Waals surface area contributed by atoms with Crippen molar-refractivity contribution in [3.8, 4) is 0 Å². The van der Waals surface area contributed by atoms with Crippen molar-refractivity contribution in [2.75, 3.05) is 13.2 Å². The molecule has 0 aliphatic heterocycles. The van der Waals surface area contributed by atoms with Gasteiger partial charge >= 0.3 is 17.9 Å². The van der Waals surface area contributed by atoms with Gasteiger partial charge < -0.3 is 14.2 Å². The molecule has 0 rings (SSSR count). The van der Waals surface area contributed by atoms with E-state index in [1.54, 1.807) is 0 Å². The minimum absolute atomic E-state index is 0.146. The Balaban J connectivity index is 4.64. The predicted octanol–water partition coefficient (Wildman–Crippen LogP) is 21.8. The van der Waals surface area contributed by atoms with Crippen LogP contribution in [0, 0.1) is 0 Å². The number of ether oxygens (including phenoxy) is 3. The Bertz CT molecular complexity index is 2050. The van der Waals surface area contributed by atoms with Crippen LogP contribution in [0.15, 0.2) is 219 Å². The van der Waals surface area contributed by atoms with Crippen molar-refractivity contribution < 1.29 is 28.6 Å². The van der Waals surface area contributed by atoms with Crippen LogP contribution in [0.1, 0.15) is 213 Å². The maximum atomic E-state index is 12.9. The molecule has 0 amide bonds. The van der Waals surface area contributed by atoms with E-state index in [2.05, 4.69) is 240 Å². The minimum Gasteiger partial charge on any atom is -0.462 e. The first-order valence-corrected chi connectivity index (χ1v) is 31.2. The van der Waals surface area contributed by atoms with Crippen molar-refractivity contribution in [3.05, 3.63) is 219 Å². The number of esters is 3. The Morgan fingerprint density at radius 2 is 0.457 bits per heavy atom. The molecule has 0 aliphatic carbocycles. The highest BCUT2D eigenvalue weighted by Crippen LogP contribution is 2.11. The van der Waals surface area contributed by atoms with E-state index in [1.165, 1.54) is 0 Å². The third-order valence-corrected chi connectivity index (χ3v) is 12.0. The lowest BCUT2D eigenvalue weighted by Gasteiger charge is -2.18. The van der Waals surface area contributed by atoms with Gasteiger partial charge in [0.05, 0.1) is 0 Å². The summed E-state index contributed by atoms with van der Waals surface area (Å²) in [6, 6.07) is 0. The van der Waals surface area contributed by atoms with Crippen molar-refractivity contribution in [3.63, 3.8) is 0 Å². The van der Waals surface area contributed by atoms with Crippen molar-refractivity contribution >= 4 is 17.9 Å². The molecule has 0 saturated carbocycles. The molecule has 0 N–H and O–H groups in total. The van der Waals surface area contributed by atoms with E-state index in [0.29, 0.717) is 19.3 Å². The first kappa shape index (κ1) is 74.7. The highest BCUT2D eigenvalue weighted by atomic mass is 16.6. The van der Waals surface area contributed by atoms with Crippen LogP contribution in [0.25, 0.3) is 0 Å². The van der Waals surface area contributed by atoms with Crippen LogP contribution >= 0.6 is 0 Å². The van der Waals surface area contributed by atoms with Crippen LogP contribution in [0.5, 0.6) is 0 Å². The molecule has 81 heavy (non-hydrogen) atoms. The molecule has 0 spiro atoms. The van der Waals surface area contributed by atoms with Gasteiger partial charge in [0.25, 0.3) is 0 Å². The molecule has 0 heterocycles. The van der Waals surface area contributed by atoms with E-state index in [1.807, 2.05) is 0 Å². The van der Waals surface area contributed by atoms with Crippen LogP contribution < -0.4 is 0 Å². The number of unbranched alkanes of at least 4 members (excludes halogenated alkanes) is 6. The number of hydrogen-bond donors (Lipinski definition) is 0. The Morgan fingerprint density at radius 3 is 0.741 bits per heavy atom. The molecule has 0 aliphatic rings. The zero-order valence-electron chi connectivity index (χ0n) is 50.9. The highest BCUT2D eigenvalue weighted by molar-refractivity contribution is 5.71. The predicted molar refractivity (Wildman–Crippen MR) is 352 cm³/mol. The van der Waals surface area contributed by atoms with E-state index in [9.17, 15) is 14.4 Å². The first-order chi connectivity index (χ1) is 40.0. The van der Waals surface area contributed by atoms with Gasteiger partial charge in [-0.1, -0.05) is 246 Å². The van der Waals surface area contributed by atoms with Crippen LogP contribution in [0.3, 0.4) is 0 Å². The Hall–Kier alpha value is -6.27. The van der Waals surface area contributed by atoms with Gasteiger partial charge in [-0.15, -0.1) is 0 Å². The van der Waals surface area contributed by atoms with Crippen molar-refractivity contribution in [2.24, 2.45) is 0 Å². The molecule has 0 radical (unpaired) electrons. The monoisotopic (exact) mass is 1110 g/mol. The van der Waals surface area contributed by atoms with Crippen LogP contribution in [-0.4, -0.2) is 37.2 Å². The number of carbonyl (C=O) groups is 3. The number of rotatable bonds is 53. The maximum Gasteiger partial charge on any atom is 0.306 e. The maximum absolute atomic E-state index is 12.9. The Labute approximate surface area is 495 Å². The molecule has 0 aromatic heterocycles. The number of carbonyl (C=O) groups excluding carboxylic acids is 3. The van der Waals surface area contributed by atoms with E-state index < -0.39 is 6.10 Å². The van der Waals surface area contributed by atoms with Crippen LogP contribution in [-0.2, 0) is 28.6 Å². The molecule has 6 heteroatoms. The highest BCUT2D eigenvalue weighted by Gasteiger charge is 2.19. The van der Waals surface area contributed by atoms with Gasteiger partial charge in [0.15, 0.2) is 6.10 Å². The lowest BCUT2D eigenvalue weighted by atomic mass is 10.1. The molecule has 0 aromatic rings. The minimum atomic E-state index is -0.854. The lowest BCUT2D eigenvalue weighted by molar-refractivity contribution is -0.167. The second-order valence-corrected chi connectivity index (χ2v) is 19.5. The van der Waals surface area contributed by atoms with E-state index in [-0.39, 0.29) is 50.4 Å². The van der Waals surface area contributed by atoms with Crippen molar-refractivity contribution in [1.82, 2.24) is 0 Å². The topological polar surface area (TPSA) is 78.9 Å². The van der Waals surface area contributed by atoms with Gasteiger partial charge in [0.2, 0.25) is 0 Å². The van der Waals surface area contributed by atoms with Gasteiger partial charge in [-0.05, 0) is 167 Å². The fourth-order valence-electron chi connectivity index (χ4n) is 7.40. The van der Waals surface area contributed by atoms with Gasteiger partial charge in [-0.3, -0.25) is 14.4 Å². The fourth-order valence-corrected chi connectivity index (χ4v) is 7.40. The zero-order valence-corrected chi connectivity index (χ0v) is 50.9. The number of allylic oxidation sites excluding steroid dienone is 36. The van der Waals surface area contributed by atoms with Crippen LogP contribution in [0.2, 0.25) is 0 Å². The van der Waals surface area contributed by atoms with E-state index in [0.717, 1.165) is 154 Å². The Kier molecular flexibility index (Phi) is 61.1. The average Bonchev–Trinajstić information content (AvgIpc) is 3.47. The molecule has 0 saturated heterocycles. The summed E-state index contributed by atoms with van der Waals surface area (Å²) >= 11 is 0. The molecule has 6 nitrogen and oxygen atoms in total. The fraction of sp³-hybridized carbons (Fsp3) is 0.480. The van der Waals surface area contributed by atoms with Crippen LogP contribution in [0.4, 0.5) is 0 Å². The molecule has 1 unspecified atom stereocenters. The Morgan fingerprint density at radius 1 is 0.247 bits per heavy atom. The van der Waals surface area contributed by atoms with Gasteiger partial charge in [-0.2, -0.15) is 0 Å². The summed E-state index contributed by atoms with van der Waals surface area (Å²) in [6.45, 7) is 6.16. The molecule has 446 valence electrons. The summed E-state index contributed by atoms with van der Waals surface area (Å²) in [4.78, 5) is 38.3. The van der Waals surface area contributed by atoms with Crippen molar-refractivity contribution in [1.29, 1.82) is 0 Å². The summed E-state index contributed by atoms with van der Waals surface area (Å²) in [7, 11) is 0. The normalized spacial score (nSPS) is 13.7. The molecule has 0 aromatic carbocycles. The van der Waals surface area contributed by atoms with Gasteiger partial charge in [-0.25, -0.2) is 0 Å². The second-order valence-electron chi connectivity index (χ2n) is 19.5. The SMILES string of the molecule is CC/C=C\C/C=C\C/C=C\C/C=C\C/C=C\C/C=C\C/C=C\C/C=C\CCCCC(=O)OCC(COC(=O)CCC/C=C\C/C=C\C/C=C\C/C=C\C/C=C\CC)OC(=O)CCCCC/C=C\C/C=C\C/C=C\C/C=C\C/C=C\CC. The van der Waals surface area contributed by atoms with E-state index in [4.69, 9.17) is 14.2 Å². The molecule has 1 atom stereocenters. The molecular weight excluding hydrogens is 997 g/mol. The molecule has 0 fully saturated rings. The van der Waals surface area contributed by atoms with Crippen molar-refractivity contribution in [2.45, 2.75) is 219 Å². The number of hydrogen-bond acceptors (Lipinski definition) is 6. The third kappa shape index (κ3) is 64.4. The standard InChI is InChI=1S/C75H110O6/c1-4-7-10-13-16-19-22-25-28-31-33-34-35-36-37-38-39-40-42-44-47-50-53-56-59-62-65-68-74(77)80-71-72(70-79-73(76)67-64-61-58-55-52-49-46-43-30-27-24-21-18-15-12-9-6-3)81-75(78)69-66-63-60-57-54-51-48-45-41-32-29-26-23-20-17-14-11-8-5-2/h7-12,16-21,25-30,33-34,36-37,39-41,44-47,49,51,53-56,58,72H,4-6,13-15,22-24,31-32,35,38,42-43,48,50,52,57,59-71H2,1-3H3/b10-7-,11-8-,12-9-,19-16-,20-17-,21-18-,28-25-,29-26-,30-27-,34-33-,37-36-,40-39-,45-41-,47-44-,49-46-,54-51-,56-53-,58-55-. The molecule has 0 bridgehead atoms. The summed E-state index contributed by atoms with van der Waals surface area (Å²) < 4.78 is 16.8. The quantitative estimate of drug-likeness (QED) is 0.0261. The van der Waals surface area contributed by atoms with E-state index >= 15 is 0 Å². The average molecular weight is 1110 g/mol.